The minimum absolute atomic E-state index is 0.162. The van der Waals surface area contributed by atoms with Crippen LogP contribution in [0.4, 0.5) is 17.3 Å². The van der Waals surface area contributed by atoms with E-state index in [1.165, 1.54) is 13.3 Å². The number of nitrogens with zero attached hydrogens (tertiary/aromatic N) is 3. The van der Waals surface area contributed by atoms with Gasteiger partial charge in [-0.3, -0.25) is 9.59 Å². The first-order valence-electron chi connectivity index (χ1n) is 9.20. The highest BCUT2D eigenvalue weighted by molar-refractivity contribution is 6.03. The zero-order valence-corrected chi connectivity index (χ0v) is 16.0. The quantitative estimate of drug-likeness (QED) is 0.866. The van der Waals surface area contributed by atoms with Gasteiger partial charge in [-0.15, -0.1) is 0 Å². The molecule has 1 aliphatic heterocycles. The van der Waals surface area contributed by atoms with Gasteiger partial charge in [0.05, 0.1) is 0 Å². The number of anilines is 3. The number of amides is 2. The first-order chi connectivity index (χ1) is 12.9. The van der Waals surface area contributed by atoms with Crippen molar-refractivity contribution in [2.75, 3.05) is 28.6 Å². The lowest BCUT2D eigenvalue weighted by Gasteiger charge is -2.31. The van der Waals surface area contributed by atoms with Gasteiger partial charge in [-0.1, -0.05) is 13.0 Å². The van der Waals surface area contributed by atoms with Crippen molar-refractivity contribution in [2.24, 2.45) is 5.92 Å². The maximum absolute atomic E-state index is 12.7. The highest BCUT2D eigenvalue weighted by atomic mass is 16.2. The van der Waals surface area contributed by atoms with E-state index in [1.807, 2.05) is 6.92 Å². The molecule has 0 spiro atoms. The van der Waals surface area contributed by atoms with Gasteiger partial charge in [0.15, 0.2) is 0 Å². The average molecular weight is 367 g/mol. The van der Waals surface area contributed by atoms with Crippen LogP contribution in [0.3, 0.4) is 0 Å². The summed E-state index contributed by atoms with van der Waals surface area (Å²) in [5.74, 6) is 0.743. The van der Waals surface area contributed by atoms with Crippen LogP contribution in [0.15, 0.2) is 30.3 Å². The standard InChI is InChI=1S/C20H25N5O2/c1-13-6-5-9-25(12-13)20-21-14(2)10-18(24-20)19(27)23-17-8-4-7-16(11-17)22-15(3)26/h4,7-8,10-11,13H,5-6,9,12H2,1-3H3,(H,22,26)(H,23,27). The van der Waals surface area contributed by atoms with Crippen molar-refractivity contribution < 1.29 is 9.59 Å². The van der Waals surface area contributed by atoms with Crippen LogP contribution in [0.25, 0.3) is 0 Å². The largest absolute Gasteiger partial charge is 0.341 e. The number of benzene rings is 1. The molecule has 2 aromatic rings. The monoisotopic (exact) mass is 367 g/mol. The second-order valence-electron chi connectivity index (χ2n) is 7.10. The van der Waals surface area contributed by atoms with E-state index in [0.29, 0.717) is 28.9 Å². The van der Waals surface area contributed by atoms with E-state index >= 15 is 0 Å². The van der Waals surface area contributed by atoms with E-state index in [-0.39, 0.29) is 11.8 Å². The number of carbonyl (C=O) groups excluding carboxylic acids is 2. The van der Waals surface area contributed by atoms with Crippen LogP contribution in [-0.2, 0) is 4.79 Å². The molecular weight excluding hydrogens is 342 g/mol. The Bertz CT molecular complexity index is 852. The summed E-state index contributed by atoms with van der Waals surface area (Å²) in [6.45, 7) is 7.35. The SMILES string of the molecule is CC(=O)Nc1cccc(NC(=O)c2cc(C)nc(N3CCCC(C)C3)n2)c1. The van der Waals surface area contributed by atoms with Crippen molar-refractivity contribution in [3.05, 3.63) is 41.7 Å². The van der Waals surface area contributed by atoms with E-state index in [0.717, 1.165) is 25.2 Å². The van der Waals surface area contributed by atoms with E-state index < -0.39 is 0 Å². The molecule has 2 amide bonds. The Kier molecular flexibility index (Phi) is 5.69. The maximum atomic E-state index is 12.7. The number of carbonyl (C=O) groups is 2. The Morgan fingerprint density at radius 3 is 2.59 bits per heavy atom. The number of nitrogens with one attached hydrogen (secondary N) is 2. The summed E-state index contributed by atoms with van der Waals surface area (Å²) < 4.78 is 0. The molecule has 27 heavy (non-hydrogen) atoms. The Balaban J connectivity index is 1.77. The zero-order valence-electron chi connectivity index (χ0n) is 16.0. The molecule has 1 atom stereocenters. The van der Waals surface area contributed by atoms with Gasteiger partial charge in [0.1, 0.15) is 5.69 Å². The molecule has 7 nitrogen and oxygen atoms in total. The number of aryl methyl sites for hydroxylation is 1. The fourth-order valence-electron chi connectivity index (χ4n) is 3.25. The first-order valence-corrected chi connectivity index (χ1v) is 9.20. The molecule has 1 aromatic carbocycles. The van der Waals surface area contributed by atoms with Crippen molar-refractivity contribution in [1.29, 1.82) is 0 Å². The van der Waals surface area contributed by atoms with Gasteiger partial charge < -0.3 is 15.5 Å². The molecule has 0 bridgehead atoms. The smallest absolute Gasteiger partial charge is 0.274 e. The molecule has 142 valence electrons. The van der Waals surface area contributed by atoms with Crippen LogP contribution in [0.1, 0.15) is 42.9 Å². The van der Waals surface area contributed by atoms with Gasteiger partial charge in [-0.25, -0.2) is 9.97 Å². The topological polar surface area (TPSA) is 87.2 Å². The van der Waals surface area contributed by atoms with E-state index in [9.17, 15) is 9.59 Å². The third kappa shape index (κ3) is 5.03. The van der Waals surface area contributed by atoms with Crippen LogP contribution in [0.5, 0.6) is 0 Å². The second-order valence-corrected chi connectivity index (χ2v) is 7.10. The molecule has 2 N–H and O–H groups in total. The summed E-state index contributed by atoms with van der Waals surface area (Å²) in [6, 6.07) is 8.70. The fraction of sp³-hybridized carbons (Fsp3) is 0.400. The van der Waals surface area contributed by atoms with E-state index in [1.54, 1.807) is 30.3 Å². The molecule has 3 rings (SSSR count). The van der Waals surface area contributed by atoms with Crippen molar-refractivity contribution in [1.82, 2.24) is 9.97 Å². The van der Waals surface area contributed by atoms with Crippen molar-refractivity contribution in [3.8, 4) is 0 Å². The minimum Gasteiger partial charge on any atom is -0.341 e. The molecule has 1 saturated heterocycles. The summed E-state index contributed by atoms with van der Waals surface area (Å²) >= 11 is 0. The molecule has 1 fully saturated rings. The number of piperidine rings is 1. The number of hydrogen-bond acceptors (Lipinski definition) is 5. The molecule has 7 heteroatoms. The molecular formula is C20H25N5O2. The van der Waals surface area contributed by atoms with Crippen molar-refractivity contribution in [3.63, 3.8) is 0 Å². The lowest BCUT2D eigenvalue weighted by Crippen LogP contribution is -2.36. The summed E-state index contributed by atoms with van der Waals surface area (Å²) in [4.78, 5) is 35.0. The number of rotatable bonds is 4. The minimum atomic E-state index is -0.299. The summed E-state index contributed by atoms with van der Waals surface area (Å²) in [7, 11) is 0. The molecule has 0 radical (unpaired) electrons. The maximum Gasteiger partial charge on any atom is 0.274 e. The van der Waals surface area contributed by atoms with Crippen molar-refractivity contribution in [2.45, 2.75) is 33.6 Å². The lowest BCUT2D eigenvalue weighted by atomic mass is 10.0. The highest BCUT2D eigenvalue weighted by Crippen LogP contribution is 2.21. The third-order valence-electron chi connectivity index (χ3n) is 4.46. The highest BCUT2D eigenvalue weighted by Gasteiger charge is 2.20. The second kappa shape index (κ2) is 8.16. The summed E-state index contributed by atoms with van der Waals surface area (Å²) in [6.07, 6.45) is 2.32. The van der Waals surface area contributed by atoms with Gasteiger partial charge >= 0.3 is 0 Å². The molecule has 1 aromatic heterocycles. The summed E-state index contributed by atoms with van der Waals surface area (Å²) in [5, 5.41) is 5.54. The van der Waals surface area contributed by atoms with Gasteiger partial charge in [-0.2, -0.15) is 0 Å². The zero-order chi connectivity index (χ0) is 19.4. The van der Waals surface area contributed by atoms with Crippen LogP contribution in [0, 0.1) is 12.8 Å². The predicted molar refractivity (Wildman–Crippen MR) is 106 cm³/mol. The number of aromatic nitrogens is 2. The van der Waals surface area contributed by atoms with E-state index in [2.05, 4.69) is 32.4 Å². The van der Waals surface area contributed by atoms with Gasteiger partial charge in [-0.05, 0) is 49.9 Å². The summed E-state index contributed by atoms with van der Waals surface area (Å²) in [5.41, 5.74) is 2.31. The first kappa shape index (κ1) is 18.8. The van der Waals surface area contributed by atoms with Crippen LogP contribution < -0.4 is 15.5 Å². The molecule has 1 aliphatic rings. The molecule has 1 unspecified atom stereocenters. The van der Waals surface area contributed by atoms with Crippen molar-refractivity contribution >= 4 is 29.1 Å². The number of hydrogen-bond donors (Lipinski definition) is 2. The Hall–Kier alpha value is -2.96. The molecule has 0 saturated carbocycles. The predicted octanol–water partition coefficient (Wildman–Crippen LogP) is 3.23. The van der Waals surface area contributed by atoms with Gasteiger partial charge in [0.25, 0.3) is 5.91 Å². The van der Waals surface area contributed by atoms with Gasteiger partial charge in [0.2, 0.25) is 11.9 Å². The fourth-order valence-corrected chi connectivity index (χ4v) is 3.25. The van der Waals surface area contributed by atoms with Crippen LogP contribution in [-0.4, -0.2) is 34.9 Å². The Morgan fingerprint density at radius 2 is 1.89 bits per heavy atom. The Morgan fingerprint density at radius 1 is 1.15 bits per heavy atom. The van der Waals surface area contributed by atoms with Crippen LogP contribution >= 0.6 is 0 Å². The lowest BCUT2D eigenvalue weighted by molar-refractivity contribution is -0.114. The van der Waals surface area contributed by atoms with E-state index in [4.69, 9.17) is 0 Å². The molecule has 2 heterocycles. The normalized spacial score (nSPS) is 16.7. The average Bonchev–Trinajstić information content (AvgIpc) is 2.61. The Labute approximate surface area is 159 Å². The third-order valence-corrected chi connectivity index (χ3v) is 4.46. The van der Waals surface area contributed by atoms with Gasteiger partial charge in [0, 0.05) is 37.1 Å². The molecule has 0 aliphatic carbocycles. The van der Waals surface area contributed by atoms with Crippen LogP contribution in [0.2, 0.25) is 0 Å².